The van der Waals surface area contributed by atoms with E-state index >= 15 is 0 Å². The van der Waals surface area contributed by atoms with Gasteiger partial charge in [-0.2, -0.15) is 0 Å². The number of esters is 1. The molecule has 4 bridgehead atoms. The summed E-state index contributed by atoms with van der Waals surface area (Å²) in [7, 11) is -2.69. The molecule has 5 nitrogen and oxygen atoms in total. The van der Waals surface area contributed by atoms with Gasteiger partial charge in [0.1, 0.15) is 17.6 Å². The highest BCUT2D eigenvalue weighted by atomic mass is 32.2. The molecule has 0 unspecified atom stereocenters. The zero-order valence-electron chi connectivity index (χ0n) is 18.1. The van der Waals surface area contributed by atoms with E-state index in [4.69, 9.17) is 18.3 Å². The molecule has 4 rings (SSSR count). The number of hydrogen-bond donors (Lipinski definition) is 0. The van der Waals surface area contributed by atoms with Crippen molar-refractivity contribution in [3.05, 3.63) is 36.5 Å². The van der Waals surface area contributed by atoms with Gasteiger partial charge in [-0.25, -0.2) is 0 Å². The molecule has 0 aromatic heterocycles. The van der Waals surface area contributed by atoms with Crippen LogP contribution in [-0.4, -0.2) is 50.1 Å². The fourth-order valence-corrected chi connectivity index (χ4v) is 11.3. The molecule has 3 aliphatic heterocycles. The van der Waals surface area contributed by atoms with E-state index in [-0.39, 0.29) is 39.8 Å². The Hall–Kier alpha value is -0.863. The summed E-state index contributed by atoms with van der Waals surface area (Å²) < 4.78 is 26.0. The van der Waals surface area contributed by atoms with Crippen molar-refractivity contribution < 1.29 is 23.1 Å². The van der Waals surface area contributed by atoms with E-state index in [0.29, 0.717) is 0 Å². The first-order chi connectivity index (χ1) is 13.5. The molecule has 0 saturated carbocycles. The highest BCUT2D eigenvalue weighted by Crippen LogP contribution is 2.58. The lowest BCUT2D eigenvalue weighted by molar-refractivity contribution is -0.231. The number of fused-ring (bicyclic) bond motifs is 6. The molecular weight excluding hydrogens is 404 g/mol. The van der Waals surface area contributed by atoms with Gasteiger partial charge in [0, 0.05) is 15.8 Å². The summed E-state index contributed by atoms with van der Waals surface area (Å²) in [5, 5.41) is -0.257. The molecule has 29 heavy (non-hydrogen) atoms. The number of rotatable bonds is 2. The first kappa shape index (κ1) is 21.4. The van der Waals surface area contributed by atoms with Crippen LogP contribution in [-0.2, 0) is 23.1 Å². The molecule has 0 aromatic rings. The zero-order valence-corrected chi connectivity index (χ0v) is 19.9. The smallest absolute Gasteiger partial charge is 0.350 e. The van der Waals surface area contributed by atoms with Crippen LogP contribution in [0.5, 0.6) is 0 Å². The van der Waals surface area contributed by atoms with Gasteiger partial charge >= 0.3 is 14.5 Å². The van der Waals surface area contributed by atoms with E-state index < -0.39 is 20.6 Å². The summed E-state index contributed by atoms with van der Waals surface area (Å²) in [5.74, 6) is 0.182. The summed E-state index contributed by atoms with van der Waals surface area (Å²) >= 11 is 1.75. The average molecular weight is 437 g/mol. The molecule has 0 N–H and O–H groups in total. The van der Waals surface area contributed by atoms with Gasteiger partial charge in [0.2, 0.25) is 0 Å². The van der Waals surface area contributed by atoms with E-state index in [0.717, 1.165) is 5.75 Å². The Labute approximate surface area is 179 Å². The van der Waals surface area contributed by atoms with Crippen molar-refractivity contribution in [1.82, 2.24) is 0 Å². The van der Waals surface area contributed by atoms with Gasteiger partial charge < -0.3 is 18.3 Å². The van der Waals surface area contributed by atoms with Crippen molar-refractivity contribution in [2.45, 2.75) is 81.5 Å². The second-order valence-electron chi connectivity index (χ2n) is 10.2. The molecule has 1 aliphatic carbocycles. The number of carbonyl (C=O) groups excluding carboxylic acids is 1. The number of hydrogen-bond acceptors (Lipinski definition) is 6. The monoisotopic (exact) mass is 436 g/mol. The maximum atomic E-state index is 12.9. The molecule has 5 atom stereocenters. The normalized spacial score (nSPS) is 36.1. The van der Waals surface area contributed by atoms with Crippen molar-refractivity contribution in [1.29, 1.82) is 0 Å². The summed E-state index contributed by atoms with van der Waals surface area (Å²) in [4.78, 5) is 12.9. The third kappa shape index (κ3) is 3.59. The van der Waals surface area contributed by atoms with Crippen LogP contribution in [0.2, 0.25) is 10.1 Å². The SMILES string of the molecule is CC(C)(C)[Si]1(C(C)(C)C)O[C@@H]2[C@@H](OC(=O)C3C=CC=CC=C3)[C@H](O1)[C@H]1CS[C@@H]2O1. The molecule has 3 saturated heterocycles. The standard InChI is InChI=1S/C22H32O5SSi/c1-21(2,3)29(22(4,5)6)26-16-15-13-28-20(24-15)18(27-29)17(16)25-19(23)14-11-9-7-8-10-12-14/h7-12,14-18,20H,13H2,1-6H3/t15-,16-,17+,18-,20+/m1/s1. The van der Waals surface area contributed by atoms with Gasteiger partial charge in [0.05, 0.1) is 12.0 Å². The lowest BCUT2D eigenvalue weighted by Crippen LogP contribution is -2.73. The van der Waals surface area contributed by atoms with Gasteiger partial charge in [0.15, 0.2) is 6.10 Å². The van der Waals surface area contributed by atoms with Crippen molar-refractivity contribution in [2.75, 3.05) is 5.75 Å². The van der Waals surface area contributed by atoms with Crippen LogP contribution in [0.25, 0.3) is 0 Å². The maximum Gasteiger partial charge on any atom is 0.350 e. The van der Waals surface area contributed by atoms with Gasteiger partial charge in [-0.15, -0.1) is 11.8 Å². The van der Waals surface area contributed by atoms with Crippen LogP contribution in [0.4, 0.5) is 0 Å². The van der Waals surface area contributed by atoms with E-state index in [1.807, 2.05) is 36.5 Å². The van der Waals surface area contributed by atoms with Crippen LogP contribution < -0.4 is 0 Å². The fourth-order valence-electron chi connectivity index (χ4n) is 4.91. The summed E-state index contributed by atoms with van der Waals surface area (Å²) in [6, 6.07) is 0. The predicted octanol–water partition coefficient (Wildman–Crippen LogP) is 4.49. The van der Waals surface area contributed by atoms with Gasteiger partial charge in [0.25, 0.3) is 0 Å². The summed E-state index contributed by atoms with van der Waals surface area (Å²) in [6.45, 7) is 13.2. The van der Waals surface area contributed by atoms with Gasteiger partial charge in [-0.1, -0.05) is 78.0 Å². The highest BCUT2D eigenvalue weighted by Gasteiger charge is 2.69. The van der Waals surface area contributed by atoms with Gasteiger partial charge in [-0.05, 0) is 0 Å². The first-order valence-corrected chi connectivity index (χ1v) is 13.2. The average Bonchev–Trinajstić information content (AvgIpc) is 2.89. The van der Waals surface area contributed by atoms with Crippen molar-refractivity contribution >= 4 is 26.3 Å². The molecule has 7 heteroatoms. The van der Waals surface area contributed by atoms with E-state index in [1.165, 1.54) is 0 Å². The Balaban J connectivity index is 1.64. The molecule has 3 fully saturated rings. The minimum atomic E-state index is -2.69. The van der Waals surface area contributed by atoms with Crippen LogP contribution in [0.1, 0.15) is 41.5 Å². The Morgan fingerprint density at radius 3 is 2.14 bits per heavy atom. The summed E-state index contributed by atoms with van der Waals surface area (Å²) in [5.41, 5.74) is -0.114. The Morgan fingerprint density at radius 2 is 1.55 bits per heavy atom. The zero-order chi connectivity index (χ0) is 21.0. The molecule has 4 aliphatic rings. The minimum absolute atomic E-state index is 0.0681. The summed E-state index contributed by atoms with van der Waals surface area (Å²) in [6.07, 6.45) is 10.2. The van der Waals surface area contributed by atoms with Crippen LogP contribution in [0, 0.1) is 5.92 Å². The number of carbonyl (C=O) groups is 1. The largest absolute Gasteiger partial charge is 0.456 e. The third-order valence-corrected chi connectivity index (χ3v) is 12.5. The van der Waals surface area contributed by atoms with E-state index in [1.54, 1.807) is 11.8 Å². The van der Waals surface area contributed by atoms with Gasteiger partial charge in [-0.3, -0.25) is 4.79 Å². The number of allylic oxidation sites excluding steroid dienone is 4. The van der Waals surface area contributed by atoms with Crippen molar-refractivity contribution in [3.63, 3.8) is 0 Å². The molecule has 0 radical (unpaired) electrons. The Morgan fingerprint density at radius 1 is 0.966 bits per heavy atom. The van der Waals surface area contributed by atoms with Crippen molar-refractivity contribution in [2.24, 2.45) is 5.92 Å². The van der Waals surface area contributed by atoms with E-state index in [2.05, 4.69) is 41.5 Å². The quantitative estimate of drug-likeness (QED) is 0.469. The lowest BCUT2D eigenvalue weighted by atomic mass is 10.0. The maximum absolute atomic E-state index is 12.9. The molecule has 3 heterocycles. The number of thioether (sulfide) groups is 1. The first-order valence-electron chi connectivity index (χ1n) is 10.4. The minimum Gasteiger partial charge on any atom is -0.456 e. The second-order valence-corrected chi connectivity index (χ2v) is 16.1. The molecule has 160 valence electrons. The molecular formula is C22H32O5SSi. The Kier molecular flexibility index (Phi) is 5.44. The molecule has 0 amide bonds. The second kappa shape index (κ2) is 7.37. The lowest BCUT2D eigenvalue weighted by Gasteiger charge is -2.59. The topological polar surface area (TPSA) is 54.0 Å². The highest BCUT2D eigenvalue weighted by molar-refractivity contribution is 8.00. The molecule has 0 aromatic carbocycles. The van der Waals surface area contributed by atoms with Crippen molar-refractivity contribution in [3.8, 4) is 0 Å². The van der Waals surface area contributed by atoms with Crippen LogP contribution in [0.15, 0.2) is 36.5 Å². The van der Waals surface area contributed by atoms with E-state index in [9.17, 15) is 4.79 Å². The van der Waals surface area contributed by atoms with Crippen LogP contribution in [0.3, 0.4) is 0 Å². The predicted molar refractivity (Wildman–Crippen MR) is 117 cm³/mol. The Bertz CT molecular complexity index is 695. The van der Waals surface area contributed by atoms with Crippen LogP contribution >= 0.6 is 11.8 Å². The molecule has 0 spiro atoms. The fraction of sp³-hybridized carbons (Fsp3) is 0.682. The third-order valence-electron chi connectivity index (χ3n) is 6.09. The number of ether oxygens (including phenoxy) is 2.